The summed E-state index contributed by atoms with van der Waals surface area (Å²) in [6, 6.07) is 27.3. The smallest absolute Gasteiger partial charge is 0.242 e. The van der Waals surface area contributed by atoms with Gasteiger partial charge in [0.15, 0.2) is 0 Å². The lowest BCUT2D eigenvalue weighted by molar-refractivity contribution is 0.177. The van der Waals surface area contributed by atoms with Crippen molar-refractivity contribution < 1.29 is 8.42 Å². The van der Waals surface area contributed by atoms with Gasteiger partial charge in [0.2, 0.25) is 10.0 Å². The minimum absolute atomic E-state index is 0. The molecule has 1 saturated heterocycles. The van der Waals surface area contributed by atoms with Gasteiger partial charge in [-0.1, -0.05) is 72.3 Å². The number of hydrogen-bond donors (Lipinski definition) is 0. The number of likely N-dealkylation sites (N-methyl/N-ethyl adjacent to an activating group) is 1. The summed E-state index contributed by atoms with van der Waals surface area (Å²) in [4.78, 5) is 2.86. The van der Waals surface area contributed by atoms with Gasteiger partial charge >= 0.3 is 0 Å². The Bertz CT molecular complexity index is 1170. The summed E-state index contributed by atoms with van der Waals surface area (Å²) >= 11 is 6.30. The monoisotopic (exact) mass is 546 g/mol. The average molecular weight is 548 g/mol. The van der Waals surface area contributed by atoms with Crippen LogP contribution >= 0.6 is 24.0 Å². The molecule has 1 fully saturated rings. The molecule has 0 unspecified atom stereocenters. The Kier molecular flexibility index (Phi) is 10.8. The molecule has 4 nitrogen and oxygen atoms in total. The van der Waals surface area contributed by atoms with Crippen LogP contribution in [0.25, 0.3) is 0 Å². The molecule has 36 heavy (non-hydrogen) atoms. The van der Waals surface area contributed by atoms with E-state index in [0.717, 1.165) is 44.0 Å². The minimum Gasteiger partial charge on any atom is -0.303 e. The molecule has 1 aliphatic heterocycles. The van der Waals surface area contributed by atoms with E-state index in [1.54, 1.807) is 31.3 Å². The first-order chi connectivity index (χ1) is 16.9. The van der Waals surface area contributed by atoms with Crippen molar-refractivity contribution in [3.63, 3.8) is 0 Å². The molecular formula is C29H36Cl2N2O2S. The maximum Gasteiger partial charge on any atom is 0.242 e. The molecule has 1 atom stereocenters. The second-order valence-corrected chi connectivity index (χ2v) is 12.1. The molecule has 0 spiro atoms. The molecule has 4 rings (SSSR count). The minimum atomic E-state index is -3.55. The molecule has 3 aromatic carbocycles. The van der Waals surface area contributed by atoms with Crippen LogP contribution in [0.2, 0.25) is 5.02 Å². The predicted octanol–water partition coefficient (Wildman–Crippen LogP) is 6.51. The fourth-order valence-electron chi connectivity index (χ4n) is 5.00. The van der Waals surface area contributed by atoms with Crippen LogP contribution in [-0.4, -0.2) is 50.8 Å². The third kappa shape index (κ3) is 7.80. The molecule has 0 aromatic heterocycles. The van der Waals surface area contributed by atoms with Crippen molar-refractivity contribution in [2.75, 3.05) is 33.2 Å². The molecule has 7 heteroatoms. The Labute approximate surface area is 227 Å². The lowest BCUT2D eigenvalue weighted by atomic mass is 9.89. The lowest BCUT2D eigenvalue weighted by Gasteiger charge is -2.33. The van der Waals surface area contributed by atoms with Crippen molar-refractivity contribution in [1.82, 2.24) is 9.21 Å². The fourth-order valence-corrected chi connectivity index (χ4v) is 6.44. The van der Waals surface area contributed by atoms with Gasteiger partial charge in [-0.3, -0.25) is 0 Å². The van der Waals surface area contributed by atoms with Gasteiger partial charge < -0.3 is 4.90 Å². The standard InChI is InChI=1S/C29H35ClN2O2S.ClH/c1-31(35(33,34)29-13-6-3-7-14-29)23-27(26-11-8-12-28(30)22-26)17-20-32-18-15-25(16-19-32)21-24-9-4-2-5-10-24;/h2-14,22,25,27H,15-21,23H2,1H3;1H/t27-;/m1./s1. The number of likely N-dealkylation sites (tertiary alicyclic amines) is 1. The van der Waals surface area contributed by atoms with Crippen LogP contribution in [0, 0.1) is 5.92 Å². The largest absolute Gasteiger partial charge is 0.303 e. The maximum atomic E-state index is 13.1. The van der Waals surface area contributed by atoms with Crippen molar-refractivity contribution in [3.8, 4) is 0 Å². The number of rotatable bonds is 10. The van der Waals surface area contributed by atoms with E-state index in [2.05, 4.69) is 41.3 Å². The maximum absolute atomic E-state index is 13.1. The third-order valence-corrected chi connectivity index (χ3v) is 9.19. The van der Waals surface area contributed by atoms with Gasteiger partial charge in [0.1, 0.15) is 0 Å². The van der Waals surface area contributed by atoms with E-state index >= 15 is 0 Å². The molecular weight excluding hydrogens is 511 g/mol. The van der Waals surface area contributed by atoms with Gasteiger partial charge in [-0.15, -0.1) is 12.4 Å². The summed E-state index contributed by atoms with van der Waals surface area (Å²) in [5, 5.41) is 0.683. The number of hydrogen-bond acceptors (Lipinski definition) is 3. The molecule has 1 aliphatic rings. The van der Waals surface area contributed by atoms with Gasteiger partial charge in [-0.2, -0.15) is 0 Å². The zero-order valence-electron chi connectivity index (χ0n) is 20.8. The van der Waals surface area contributed by atoms with E-state index in [0.29, 0.717) is 16.5 Å². The molecule has 0 saturated carbocycles. The van der Waals surface area contributed by atoms with Crippen molar-refractivity contribution in [3.05, 3.63) is 101 Å². The highest BCUT2D eigenvalue weighted by atomic mass is 35.5. The second kappa shape index (κ2) is 13.6. The molecule has 0 amide bonds. The predicted molar refractivity (Wildman–Crippen MR) is 152 cm³/mol. The fraction of sp³-hybridized carbons (Fsp3) is 0.379. The first-order valence-corrected chi connectivity index (χ1v) is 14.3. The SMILES string of the molecule is CN(C[C@@H](CCN1CCC(Cc2ccccc2)CC1)c1cccc(Cl)c1)S(=O)(=O)c1ccccc1.Cl. The second-order valence-electron chi connectivity index (χ2n) is 9.61. The summed E-state index contributed by atoms with van der Waals surface area (Å²) in [6.45, 7) is 3.56. The van der Waals surface area contributed by atoms with Crippen molar-refractivity contribution in [1.29, 1.82) is 0 Å². The summed E-state index contributed by atoms with van der Waals surface area (Å²) in [5.41, 5.74) is 2.52. The quantitative estimate of drug-likeness (QED) is 0.291. The third-order valence-electron chi connectivity index (χ3n) is 7.12. The van der Waals surface area contributed by atoms with Crippen LogP contribution in [0.15, 0.2) is 89.8 Å². The normalized spacial score (nSPS) is 16.0. The van der Waals surface area contributed by atoms with Crippen molar-refractivity contribution in [2.24, 2.45) is 5.92 Å². The first-order valence-electron chi connectivity index (χ1n) is 12.4. The molecule has 0 N–H and O–H groups in total. The van der Waals surface area contributed by atoms with E-state index < -0.39 is 10.0 Å². The van der Waals surface area contributed by atoms with E-state index in [-0.39, 0.29) is 18.3 Å². The molecule has 194 valence electrons. The van der Waals surface area contributed by atoms with Gasteiger partial charge in [-0.25, -0.2) is 12.7 Å². The van der Waals surface area contributed by atoms with Crippen LogP contribution in [0.3, 0.4) is 0 Å². The first kappa shape index (κ1) is 28.7. The Morgan fingerprint density at radius 3 is 2.22 bits per heavy atom. The topological polar surface area (TPSA) is 40.6 Å². The van der Waals surface area contributed by atoms with Gasteiger partial charge in [0.25, 0.3) is 0 Å². The number of sulfonamides is 1. The van der Waals surface area contributed by atoms with Crippen molar-refractivity contribution in [2.45, 2.75) is 36.5 Å². The van der Waals surface area contributed by atoms with Gasteiger partial charge in [0, 0.05) is 18.6 Å². The highest BCUT2D eigenvalue weighted by Gasteiger charge is 2.26. The lowest BCUT2D eigenvalue weighted by Crippen LogP contribution is -2.37. The zero-order chi connectivity index (χ0) is 24.7. The Morgan fingerprint density at radius 1 is 0.944 bits per heavy atom. The number of benzene rings is 3. The number of piperidine rings is 1. The van der Waals surface area contributed by atoms with Crippen LogP contribution in [0.1, 0.15) is 36.3 Å². The van der Waals surface area contributed by atoms with E-state index in [9.17, 15) is 8.42 Å². The highest BCUT2D eigenvalue weighted by Crippen LogP contribution is 2.28. The highest BCUT2D eigenvalue weighted by molar-refractivity contribution is 7.89. The van der Waals surface area contributed by atoms with E-state index in [4.69, 9.17) is 11.6 Å². The van der Waals surface area contributed by atoms with Gasteiger partial charge in [0.05, 0.1) is 4.90 Å². The van der Waals surface area contributed by atoms with Crippen LogP contribution in [0.5, 0.6) is 0 Å². The summed E-state index contributed by atoms with van der Waals surface area (Å²) < 4.78 is 27.8. The van der Waals surface area contributed by atoms with Crippen molar-refractivity contribution >= 4 is 34.0 Å². The average Bonchev–Trinajstić information content (AvgIpc) is 2.88. The summed E-state index contributed by atoms with van der Waals surface area (Å²) in [5.74, 6) is 0.804. The molecule has 0 bridgehead atoms. The van der Waals surface area contributed by atoms with E-state index in [1.165, 1.54) is 22.7 Å². The molecule has 3 aromatic rings. The summed E-state index contributed by atoms with van der Waals surface area (Å²) in [6.07, 6.45) is 4.46. The Morgan fingerprint density at radius 2 is 1.58 bits per heavy atom. The Balaban J connectivity index is 0.00000361. The van der Waals surface area contributed by atoms with Gasteiger partial charge in [-0.05, 0) is 92.5 Å². The molecule has 0 radical (unpaired) electrons. The molecule has 0 aliphatic carbocycles. The van der Waals surface area contributed by atoms with Crippen LogP contribution in [-0.2, 0) is 16.4 Å². The van der Waals surface area contributed by atoms with Crippen LogP contribution in [0.4, 0.5) is 0 Å². The summed E-state index contributed by atoms with van der Waals surface area (Å²) in [7, 11) is -1.87. The van der Waals surface area contributed by atoms with Crippen LogP contribution < -0.4 is 0 Å². The zero-order valence-corrected chi connectivity index (χ0v) is 23.2. The molecule has 1 heterocycles. The van der Waals surface area contributed by atoms with E-state index in [1.807, 2.05) is 24.3 Å². The number of halogens is 2. The number of nitrogens with zero attached hydrogens (tertiary/aromatic N) is 2. The Hall–Kier alpha value is -1.89.